The Bertz CT molecular complexity index is 642. The highest BCUT2D eigenvalue weighted by molar-refractivity contribution is 5.73. The summed E-state index contributed by atoms with van der Waals surface area (Å²) >= 11 is 0. The number of carbonyl (C=O) groups excluding carboxylic acids is 1. The second-order valence-electron chi connectivity index (χ2n) is 3.73. The molecule has 0 radical (unpaired) electrons. The maximum Gasteiger partial charge on any atom is 0.339 e. The third-order valence-corrected chi connectivity index (χ3v) is 2.42. The van der Waals surface area contributed by atoms with Crippen LogP contribution in [0.4, 0.5) is 9.18 Å². The Labute approximate surface area is 102 Å². The largest absolute Gasteiger partial charge is 0.350 e. The van der Waals surface area contributed by atoms with Gasteiger partial charge in [-0.1, -0.05) is 6.07 Å². The van der Waals surface area contributed by atoms with E-state index < -0.39 is 11.8 Å². The van der Waals surface area contributed by atoms with E-state index in [9.17, 15) is 9.18 Å². The molecule has 0 saturated heterocycles. The monoisotopic (exact) mass is 244 g/mol. The zero-order valence-corrected chi connectivity index (χ0v) is 9.30. The lowest BCUT2D eigenvalue weighted by Crippen LogP contribution is -2.19. The van der Waals surface area contributed by atoms with Gasteiger partial charge in [-0.15, -0.1) is 0 Å². The van der Waals surface area contributed by atoms with Crippen molar-refractivity contribution in [2.75, 3.05) is 0 Å². The predicted octanol–water partition coefficient (Wildman–Crippen LogP) is 1.41. The van der Waals surface area contributed by atoms with Crippen LogP contribution in [0.15, 0.2) is 30.6 Å². The average Bonchev–Trinajstić information content (AvgIpc) is 2.78. The fourth-order valence-corrected chi connectivity index (χ4v) is 1.57. The molecule has 0 aliphatic carbocycles. The number of halogens is 1. The Morgan fingerprint density at radius 1 is 1.50 bits per heavy atom. The minimum atomic E-state index is -0.674. The third-order valence-electron chi connectivity index (χ3n) is 2.42. The topological polar surface area (TPSA) is 84.7 Å². The Kier molecular flexibility index (Phi) is 3.06. The number of aromatic nitrogens is 2. The smallest absolute Gasteiger partial charge is 0.339 e. The van der Waals surface area contributed by atoms with E-state index in [4.69, 9.17) is 11.0 Å². The molecule has 0 unspecified atom stereocenters. The minimum Gasteiger partial charge on any atom is -0.350 e. The number of nitrogens with zero attached hydrogens (tertiary/aromatic N) is 3. The van der Waals surface area contributed by atoms with E-state index in [1.54, 1.807) is 12.1 Å². The van der Waals surface area contributed by atoms with Crippen molar-refractivity contribution in [2.24, 2.45) is 5.73 Å². The van der Waals surface area contributed by atoms with Crippen LogP contribution in [0.3, 0.4) is 0 Å². The molecule has 2 N–H and O–H groups in total. The standard InChI is InChI=1S/C12H9FN4O/c13-11-4-8(1-2-10(11)5-14)3-9-6-16-17(7-9)12(15)18/h1-2,4,6-7H,3H2,(H2,15,18). The summed E-state index contributed by atoms with van der Waals surface area (Å²) in [6.45, 7) is 0. The first-order valence-electron chi connectivity index (χ1n) is 5.12. The average molecular weight is 244 g/mol. The van der Waals surface area contributed by atoms with Crippen LogP contribution in [0.2, 0.25) is 0 Å². The highest BCUT2D eigenvalue weighted by Gasteiger charge is 2.06. The van der Waals surface area contributed by atoms with Crippen molar-refractivity contribution >= 4 is 6.03 Å². The molecule has 1 heterocycles. The van der Waals surface area contributed by atoms with Gasteiger partial charge in [0.05, 0.1) is 11.8 Å². The first-order valence-corrected chi connectivity index (χ1v) is 5.12. The summed E-state index contributed by atoms with van der Waals surface area (Å²) in [5.74, 6) is -0.558. The predicted molar refractivity (Wildman–Crippen MR) is 61.1 cm³/mol. The highest BCUT2D eigenvalue weighted by atomic mass is 19.1. The van der Waals surface area contributed by atoms with E-state index in [1.165, 1.54) is 24.5 Å². The van der Waals surface area contributed by atoms with Gasteiger partial charge < -0.3 is 5.73 Å². The molecule has 18 heavy (non-hydrogen) atoms. The van der Waals surface area contributed by atoms with Gasteiger partial charge in [-0.05, 0) is 23.3 Å². The molecular weight excluding hydrogens is 235 g/mol. The van der Waals surface area contributed by atoms with Crippen LogP contribution in [0.25, 0.3) is 0 Å². The summed E-state index contributed by atoms with van der Waals surface area (Å²) in [4.78, 5) is 10.8. The summed E-state index contributed by atoms with van der Waals surface area (Å²) < 4.78 is 14.4. The maximum absolute atomic E-state index is 13.4. The van der Waals surface area contributed by atoms with Crippen molar-refractivity contribution in [3.63, 3.8) is 0 Å². The van der Waals surface area contributed by atoms with Crippen LogP contribution in [0.5, 0.6) is 0 Å². The molecule has 1 aromatic carbocycles. The number of benzene rings is 1. The second-order valence-corrected chi connectivity index (χ2v) is 3.73. The molecule has 0 spiro atoms. The van der Waals surface area contributed by atoms with Gasteiger partial charge in [0.15, 0.2) is 0 Å². The Hall–Kier alpha value is -2.68. The summed E-state index contributed by atoms with van der Waals surface area (Å²) in [7, 11) is 0. The van der Waals surface area contributed by atoms with Crippen LogP contribution >= 0.6 is 0 Å². The van der Waals surface area contributed by atoms with Gasteiger partial charge in [-0.25, -0.2) is 9.18 Å². The molecule has 0 aliphatic heterocycles. The number of hydrogen-bond acceptors (Lipinski definition) is 3. The third kappa shape index (κ3) is 2.35. The van der Waals surface area contributed by atoms with E-state index in [0.29, 0.717) is 12.0 Å². The molecule has 6 heteroatoms. The quantitative estimate of drug-likeness (QED) is 0.866. The summed E-state index contributed by atoms with van der Waals surface area (Å²) in [6, 6.07) is 5.45. The highest BCUT2D eigenvalue weighted by Crippen LogP contribution is 2.13. The van der Waals surface area contributed by atoms with Crippen LogP contribution in [0.1, 0.15) is 16.7 Å². The number of amides is 1. The first kappa shape index (κ1) is 11.8. The number of nitrogens with two attached hydrogens (primary N) is 1. The van der Waals surface area contributed by atoms with Gasteiger partial charge in [0, 0.05) is 12.6 Å². The van der Waals surface area contributed by atoms with Crippen molar-refractivity contribution in [2.45, 2.75) is 6.42 Å². The number of hydrogen-bond donors (Lipinski definition) is 1. The Morgan fingerprint density at radius 2 is 2.28 bits per heavy atom. The molecule has 90 valence electrons. The lowest BCUT2D eigenvalue weighted by molar-refractivity contribution is 0.247. The molecule has 2 rings (SSSR count). The van der Waals surface area contributed by atoms with Crippen molar-refractivity contribution in [3.8, 4) is 6.07 Å². The van der Waals surface area contributed by atoms with Gasteiger partial charge in [0.25, 0.3) is 0 Å². The van der Waals surface area contributed by atoms with Gasteiger partial charge in [0.1, 0.15) is 11.9 Å². The number of nitriles is 1. The molecule has 0 saturated carbocycles. The maximum atomic E-state index is 13.4. The zero-order chi connectivity index (χ0) is 13.1. The van der Waals surface area contributed by atoms with Gasteiger partial charge in [0.2, 0.25) is 0 Å². The number of rotatable bonds is 2. The van der Waals surface area contributed by atoms with Crippen molar-refractivity contribution in [1.82, 2.24) is 9.78 Å². The Morgan fingerprint density at radius 3 is 2.83 bits per heavy atom. The lowest BCUT2D eigenvalue weighted by Gasteiger charge is -2.00. The molecule has 5 nitrogen and oxygen atoms in total. The number of primary amides is 1. The summed E-state index contributed by atoms with van der Waals surface area (Å²) in [6.07, 6.45) is 3.38. The van der Waals surface area contributed by atoms with E-state index in [2.05, 4.69) is 5.10 Å². The SMILES string of the molecule is N#Cc1ccc(Cc2cnn(C(N)=O)c2)cc1F. The molecule has 0 bridgehead atoms. The molecule has 0 aliphatic rings. The van der Waals surface area contributed by atoms with Crippen LogP contribution in [0, 0.1) is 17.1 Å². The minimum absolute atomic E-state index is 0.00609. The second kappa shape index (κ2) is 4.67. The van der Waals surface area contributed by atoms with Crippen LogP contribution in [-0.4, -0.2) is 15.8 Å². The lowest BCUT2D eigenvalue weighted by atomic mass is 10.1. The van der Waals surface area contributed by atoms with Gasteiger partial charge in [-0.2, -0.15) is 15.0 Å². The van der Waals surface area contributed by atoms with Crippen molar-refractivity contribution < 1.29 is 9.18 Å². The van der Waals surface area contributed by atoms with Crippen molar-refractivity contribution in [3.05, 3.63) is 53.1 Å². The van der Waals surface area contributed by atoms with E-state index >= 15 is 0 Å². The molecular formula is C12H9FN4O. The molecule has 0 fully saturated rings. The molecule has 1 aromatic heterocycles. The fourth-order valence-electron chi connectivity index (χ4n) is 1.57. The van der Waals surface area contributed by atoms with E-state index in [-0.39, 0.29) is 5.56 Å². The number of carbonyl (C=O) groups is 1. The molecule has 1 amide bonds. The van der Waals surface area contributed by atoms with Gasteiger partial charge in [-0.3, -0.25) is 0 Å². The molecule has 2 aromatic rings. The summed E-state index contributed by atoms with van der Waals surface area (Å²) in [5.41, 5.74) is 6.48. The van der Waals surface area contributed by atoms with E-state index in [0.717, 1.165) is 10.2 Å². The van der Waals surface area contributed by atoms with Crippen LogP contribution in [-0.2, 0) is 6.42 Å². The normalized spacial score (nSPS) is 10.0. The zero-order valence-electron chi connectivity index (χ0n) is 9.30. The fraction of sp³-hybridized carbons (Fsp3) is 0.0833. The first-order chi connectivity index (χ1) is 8.60. The Balaban J connectivity index is 2.21. The molecule has 0 atom stereocenters. The van der Waals surface area contributed by atoms with Gasteiger partial charge >= 0.3 is 6.03 Å². The van der Waals surface area contributed by atoms with Crippen LogP contribution < -0.4 is 5.73 Å². The van der Waals surface area contributed by atoms with E-state index in [1.807, 2.05) is 0 Å². The van der Waals surface area contributed by atoms with Crippen molar-refractivity contribution in [1.29, 1.82) is 5.26 Å². The summed E-state index contributed by atoms with van der Waals surface area (Å²) in [5, 5.41) is 12.4.